The number of unbranched alkanes of at least 4 members (excludes halogenated alkanes) is 1. The van der Waals surface area contributed by atoms with Crippen LogP contribution in [0, 0.1) is 0 Å². The zero-order chi connectivity index (χ0) is 24.0. The Hall–Kier alpha value is -2.05. The van der Waals surface area contributed by atoms with Crippen molar-refractivity contribution >= 4 is 17.8 Å². The molecule has 6 nitrogen and oxygen atoms in total. The maximum Gasteiger partial charge on any atom is 0.509 e. The summed E-state index contributed by atoms with van der Waals surface area (Å²) in [6.45, 7) is 8.14. The van der Waals surface area contributed by atoms with Gasteiger partial charge in [0, 0.05) is 18.9 Å². The number of rotatable bonds is 8. The molecule has 1 aliphatic carbocycles. The zero-order valence-electron chi connectivity index (χ0n) is 20.3. The molecular weight excluding hydrogens is 440 g/mol. The van der Waals surface area contributed by atoms with Crippen molar-refractivity contribution in [3.63, 3.8) is 0 Å². The number of aryl methyl sites for hydroxylation is 1. The molecule has 0 aliphatic heterocycles. The third kappa shape index (κ3) is 6.97. The second-order valence-corrected chi connectivity index (χ2v) is 10.2. The summed E-state index contributed by atoms with van der Waals surface area (Å²) in [6, 6.07) is 8.46. The van der Waals surface area contributed by atoms with Crippen LogP contribution in [0.15, 0.2) is 24.3 Å². The third-order valence-electron chi connectivity index (χ3n) is 6.09. The highest BCUT2D eigenvalue weighted by atomic mass is 35.5. The Labute approximate surface area is 202 Å². The normalized spacial score (nSPS) is 18.8. The molecule has 2 aromatic rings. The highest BCUT2D eigenvalue weighted by molar-refractivity contribution is 6.30. The van der Waals surface area contributed by atoms with Gasteiger partial charge in [-0.2, -0.15) is 0 Å². The maximum absolute atomic E-state index is 12.2. The first-order chi connectivity index (χ1) is 15.7. The quantitative estimate of drug-likeness (QED) is 0.446. The number of benzene rings is 1. The lowest BCUT2D eigenvalue weighted by Crippen LogP contribution is -2.32. The van der Waals surface area contributed by atoms with Gasteiger partial charge in [-0.1, -0.05) is 55.6 Å². The molecule has 1 fully saturated rings. The maximum atomic E-state index is 12.2. The third-order valence-corrected chi connectivity index (χ3v) is 6.40. The van der Waals surface area contributed by atoms with Crippen LogP contribution in [0.25, 0.3) is 0 Å². The van der Waals surface area contributed by atoms with E-state index in [0.717, 1.165) is 56.3 Å². The molecular formula is C26H37ClN2O4. The topological polar surface area (TPSA) is 73.6 Å². The Morgan fingerprint density at radius 1 is 1.21 bits per heavy atom. The number of hydrogen-bond donors (Lipinski definition) is 1. The fourth-order valence-corrected chi connectivity index (χ4v) is 4.70. The van der Waals surface area contributed by atoms with Gasteiger partial charge in [-0.15, -0.1) is 0 Å². The highest BCUT2D eigenvalue weighted by Gasteiger charge is 2.31. The molecule has 3 rings (SSSR count). The molecule has 33 heavy (non-hydrogen) atoms. The highest BCUT2D eigenvalue weighted by Crippen LogP contribution is 2.36. The standard InChI is InChI=1S/C26H37ClN2O4/c1-5-6-11-23-28-24(27)21(17-30)29(23)16-18-12-14-19(15-13-18)20-9-7-8-10-22(20)32-25(31)33-26(2,3)4/h12-15,20,22,30H,5-11,16-17H2,1-4H3/t20-,22+/m0/s1. The van der Waals surface area contributed by atoms with E-state index in [9.17, 15) is 9.90 Å². The fourth-order valence-electron chi connectivity index (χ4n) is 4.44. The molecule has 0 unspecified atom stereocenters. The summed E-state index contributed by atoms with van der Waals surface area (Å²) in [5, 5.41) is 10.2. The molecule has 1 aliphatic rings. The second-order valence-electron chi connectivity index (χ2n) is 9.87. The van der Waals surface area contributed by atoms with E-state index < -0.39 is 11.8 Å². The molecule has 0 spiro atoms. The van der Waals surface area contributed by atoms with Crippen molar-refractivity contribution in [2.75, 3.05) is 0 Å². The Morgan fingerprint density at radius 2 is 1.91 bits per heavy atom. The van der Waals surface area contributed by atoms with E-state index in [1.165, 1.54) is 5.56 Å². The predicted octanol–water partition coefficient (Wildman–Crippen LogP) is 6.40. The van der Waals surface area contributed by atoms with Crippen molar-refractivity contribution in [2.24, 2.45) is 0 Å². The van der Waals surface area contributed by atoms with Crippen molar-refractivity contribution in [3.8, 4) is 0 Å². The van der Waals surface area contributed by atoms with Gasteiger partial charge < -0.3 is 19.1 Å². The number of aromatic nitrogens is 2. The second kappa shape index (κ2) is 11.4. The molecule has 0 radical (unpaired) electrons. The van der Waals surface area contributed by atoms with Gasteiger partial charge in [-0.05, 0) is 57.6 Å². The Morgan fingerprint density at radius 3 is 2.55 bits per heavy atom. The monoisotopic (exact) mass is 476 g/mol. The molecule has 1 aromatic carbocycles. The summed E-state index contributed by atoms with van der Waals surface area (Å²) in [4.78, 5) is 16.7. The summed E-state index contributed by atoms with van der Waals surface area (Å²) in [6.07, 6.45) is 6.17. The lowest BCUT2D eigenvalue weighted by Gasteiger charge is -2.32. The molecule has 1 heterocycles. The van der Waals surface area contributed by atoms with E-state index in [-0.39, 0.29) is 18.6 Å². The van der Waals surface area contributed by atoms with E-state index in [1.54, 1.807) is 0 Å². The first-order valence-corrected chi connectivity index (χ1v) is 12.4. The van der Waals surface area contributed by atoms with Gasteiger partial charge in [-0.3, -0.25) is 0 Å². The van der Waals surface area contributed by atoms with Crippen molar-refractivity contribution in [1.82, 2.24) is 9.55 Å². The van der Waals surface area contributed by atoms with E-state index in [4.69, 9.17) is 21.1 Å². The Bertz CT molecular complexity index is 918. The lowest BCUT2D eigenvalue weighted by atomic mass is 9.81. The Balaban J connectivity index is 1.73. The predicted molar refractivity (Wildman–Crippen MR) is 130 cm³/mol. The molecule has 182 valence electrons. The number of nitrogens with zero attached hydrogens (tertiary/aromatic N) is 2. The Kier molecular flexibility index (Phi) is 8.82. The zero-order valence-corrected chi connectivity index (χ0v) is 21.0. The van der Waals surface area contributed by atoms with Crippen LogP contribution in [0.3, 0.4) is 0 Å². The van der Waals surface area contributed by atoms with Crippen molar-refractivity contribution in [1.29, 1.82) is 0 Å². The largest absolute Gasteiger partial charge is 0.509 e. The minimum atomic E-state index is -0.593. The molecule has 2 atom stereocenters. The van der Waals surface area contributed by atoms with E-state index >= 15 is 0 Å². The molecule has 1 aromatic heterocycles. The van der Waals surface area contributed by atoms with Gasteiger partial charge in [0.1, 0.15) is 17.5 Å². The number of carbonyl (C=O) groups excluding carboxylic acids is 1. The summed E-state index contributed by atoms with van der Waals surface area (Å²) in [5.41, 5.74) is 2.37. The summed E-state index contributed by atoms with van der Waals surface area (Å²) in [7, 11) is 0. The van der Waals surface area contributed by atoms with Crippen LogP contribution in [-0.2, 0) is 29.0 Å². The van der Waals surface area contributed by atoms with Crippen molar-refractivity contribution < 1.29 is 19.4 Å². The minimum Gasteiger partial charge on any atom is -0.430 e. The van der Waals surface area contributed by atoms with Crippen LogP contribution in [-0.4, -0.2) is 32.5 Å². The molecule has 0 saturated heterocycles. The van der Waals surface area contributed by atoms with Crippen LogP contribution < -0.4 is 0 Å². The molecule has 1 N–H and O–H groups in total. The smallest absolute Gasteiger partial charge is 0.430 e. The van der Waals surface area contributed by atoms with Crippen LogP contribution in [0.5, 0.6) is 0 Å². The average molecular weight is 477 g/mol. The average Bonchev–Trinajstić information content (AvgIpc) is 3.05. The van der Waals surface area contributed by atoms with E-state index in [2.05, 4.69) is 36.2 Å². The summed E-state index contributed by atoms with van der Waals surface area (Å²) >= 11 is 6.28. The molecule has 7 heteroatoms. The van der Waals surface area contributed by atoms with Gasteiger partial charge in [0.05, 0.1) is 12.3 Å². The van der Waals surface area contributed by atoms with Gasteiger partial charge in [0.25, 0.3) is 0 Å². The van der Waals surface area contributed by atoms with Gasteiger partial charge in [0.2, 0.25) is 0 Å². The SMILES string of the molecule is CCCCc1nc(Cl)c(CO)n1Cc1ccc([C@@H]2CCCC[C@H]2OC(=O)OC(C)(C)C)cc1. The molecule has 0 amide bonds. The molecule has 1 saturated carbocycles. The summed E-state index contributed by atoms with van der Waals surface area (Å²) < 4.78 is 13.1. The number of aliphatic hydroxyl groups excluding tert-OH is 1. The number of halogens is 1. The number of hydrogen-bond acceptors (Lipinski definition) is 5. The minimum absolute atomic E-state index is 0.137. The summed E-state index contributed by atoms with van der Waals surface area (Å²) in [5.74, 6) is 1.07. The van der Waals surface area contributed by atoms with Crippen LogP contribution in [0.2, 0.25) is 5.15 Å². The number of ether oxygens (including phenoxy) is 2. The van der Waals surface area contributed by atoms with E-state index in [1.807, 2.05) is 25.3 Å². The van der Waals surface area contributed by atoms with Gasteiger partial charge >= 0.3 is 6.16 Å². The van der Waals surface area contributed by atoms with Crippen molar-refractivity contribution in [2.45, 2.75) is 103 Å². The van der Waals surface area contributed by atoms with Crippen molar-refractivity contribution in [3.05, 3.63) is 52.1 Å². The fraction of sp³-hybridized carbons (Fsp3) is 0.615. The number of aliphatic hydroxyl groups is 1. The van der Waals surface area contributed by atoms with Crippen LogP contribution in [0.1, 0.15) is 94.8 Å². The molecule has 0 bridgehead atoms. The first-order valence-electron chi connectivity index (χ1n) is 12.0. The van der Waals surface area contributed by atoms with Crippen LogP contribution in [0.4, 0.5) is 4.79 Å². The van der Waals surface area contributed by atoms with Gasteiger partial charge in [0.15, 0.2) is 5.15 Å². The first kappa shape index (κ1) is 25.6. The lowest BCUT2D eigenvalue weighted by molar-refractivity contribution is -0.0387. The number of imidazole rings is 1. The van der Waals surface area contributed by atoms with Gasteiger partial charge in [-0.25, -0.2) is 9.78 Å². The number of carbonyl (C=O) groups is 1. The van der Waals surface area contributed by atoms with Crippen LogP contribution >= 0.6 is 11.6 Å². The van der Waals surface area contributed by atoms with E-state index in [0.29, 0.717) is 17.4 Å².